The summed E-state index contributed by atoms with van der Waals surface area (Å²) in [5, 5.41) is 2.68. The summed E-state index contributed by atoms with van der Waals surface area (Å²) in [7, 11) is 1.72. The number of nitrogens with one attached hydrogen (secondary N) is 1. The molecule has 4 heterocycles. The first kappa shape index (κ1) is 23.0. The second kappa shape index (κ2) is 9.87. The molecule has 2 amide bonds. The number of likely N-dealkylation sites (N-methyl/N-ethyl adjacent to an activating group) is 1. The van der Waals surface area contributed by atoms with Crippen molar-refractivity contribution in [2.45, 2.75) is 6.92 Å². The maximum Gasteiger partial charge on any atom is 0.250 e. The van der Waals surface area contributed by atoms with Crippen LogP contribution in [-0.4, -0.2) is 43.4 Å². The van der Waals surface area contributed by atoms with E-state index in [2.05, 4.69) is 15.3 Å². The molecule has 2 aliphatic heterocycles. The number of anilines is 2. The molecule has 6 rings (SSSR count). The fourth-order valence-corrected chi connectivity index (χ4v) is 4.05. The van der Waals surface area contributed by atoms with Gasteiger partial charge in [-0.25, -0.2) is 0 Å². The molecule has 8 heteroatoms. The number of benzene rings is 2. The number of furan rings is 2. The Bertz CT molecular complexity index is 1470. The lowest BCUT2D eigenvalue weighted by Gasteiger charge is -2.12. The Morgan fingerprint density at radius 2 is 1.44 bits per heavy atom. The van der Waals surface area contributed by atoms with Gasteiger partial charge in [0.05, 0.1) is 28.8 Å². The third-order valence-electron chi connectivity index (χ3n) is 5.79. The molecule has 0 aliphatic carbocycles. The lowest BCUT2D eigenvalue weighted by Crippen LogP contribution is -2.27. The summed E-state index contributed by atoms with van der Waals surface area (Å²) in [6.45, 7) is 2.13. The summed E-state index contributed by atoms with van der Waals surface area (Å²) in [5.41, 5.74) is 5.26. The first-order valence-corrected chi connectivity index (χ1v) is 11.5. The Labute approximate surface area is 208 Å². The molecule has 0 saturated carbocycles. The zero-order valence-electron chi connectivity index (χ0n) is 19.9. The Balaban J connectivity index is 0.000000149. The number of aryl methyl sites for hydroxylation is 1. The molecule has 2 aromatic carbocycles. The first-order chi connectivity index (χ1) is 17.5. The van der Waals surface area contributed by atoms with Crippen LogP contribution in [-0.2, 0) is 9.59 Å². The van der Waals surface area contributed by atoms with E-state index in [-0.39, 0.29) is 24.9 Å². The molecule has 0 radical (unpaired) electrons. The van der Waals surface area contributed by atoms with Gasteiger partial charge >= 0.3 is 0 Å². The van der Waals surface area contributed by atoms with Crippen molar-refractivity contribution in [3.63, 3.8) is 0 Å². The van der Waals surface area contributed by atoms with Crippen molar-refractivity contribution in [1.82, 2.24) is 0 Å². The average Bonchev–Trinajstić information content (AvgIpc) is 3.45. The van der Waals surface area contributed by atoms with Gasteiger partial charge < -0.3 is 8.83 Å². The quantitative estimate of drug-likeness (QED) is 0.457. The molecule has 0 fully saturated rings. The van der Waals surface area contributed by atoms with Crippen LogP contribution in [0.2, 0.25) is 0 Å². The highest BCUT2D eigenvalue weighted by molar-refractivity contribution is 6.19. The number of aliphatic imine (C=N–C) groups is 2. The second-order valence-corrected chi connectivity index (χ2v) is 8.30. The average molecular weight is 481 g/mol. The lowest BCUT2D eigenvalue weighted by molar-refractivity contribution is -0.117. The highest BCUT2D eigenvalue weighted by atomic mass is 16.4. The number of fused-ring (bicyclic) bond motifs is 2. The van der Waals surface area contributed by atoms with Crippen molar-refractivity contribution in [2.24, 2.45) is 9.98 Å². The number of carbonyl (C=O) groups is 2. The van der Waals surface area contributed by atoms with Crippen molar-refractivity contribution in [2.75, 3.05) is 30.4 Å². The molecular weight excluding hydrogens is 456 g/mol. The molecule has 4 aromatic rings. The Kier molecular flexibility index (Phi) is 6.32. The van der Waals surface area contributed by atoms with Crippen LogP contribution in [0.15, 0.2) is 97.9 Å². The van der Waals surface area contributed by atoms with E-state index in [1.54, 1.807) is 13.3 Å². The molecule has 180 valence electrons. The van der Waals surface area contributed by atoms with Gasteiger partial charge in [-0.3, -0.25) is 29.8 Å². The van der Waals surface area contributed by atoms with Crippen molar-refractivity contribution in [3.05, 3.63) is 107 Å². The third-order valence-corrected chi connectivity index (χ3v) is 5.79. The summed E-state index contributed by atoms with van der Waals surface area (Å²) >= 11 is 0. The van der Waals surface area contributed by atoms with Crippen LogP contribution < -0.4 is 10.2 Å². The molecule has 8 nitrogen and oxygen atoms in total. The molecule has 0 unspecified atom stereocenters. The molecule has 0 spiro atoms. The smallest absolute Gasteiger partial charge is 0.250 e. The summed E-state index contributed by atoms with van der Waals surface area (Å²) in [5.74, 6) is 1.58. The summed E-state index contributed by atoms with van der Waals surface area (Å²) in [4.78, 5) is 33.7. The lowest BCUT2D eigenvalue weighted by atomic mass is 10.0. The van der Waals surface area contributed by atoms with E-state index in [0.29, 0.717) is 11.8 Å². The minimum Gasteiger partial charge on any atom is -0.448 e. The minimum absolute atomic E-state index is 0.0680. The van der Waals surface area contributed by atoms with E-state index in [9.17, 15) is 9.59 Å². The van der Waals surface area contributed by atoms with Gasteiger partial charge in [-0.05, 0) is 19.1 Å². The number of carbonyl (C=O) groups excluding carboxylic acids is 2. The fourth-order valence-electron chi connectivity index (χ4n) is 4.05. The second-order valence-electron chi connectivity index (χ2n) is 8.30. The largest absolute Gasteiger partial charge is 0.448 e. The van der Waals surface area contributed by atoms with Gasteiger partial charge in [0.1, 0.15) is 18.8 Å². The van der Waals surface area contributed by atoms with Crippen LogP contribution >= 0.6 is 0 Å². The molecule has 0 bridgehead atoms. The fraction of sp³-hybridized carbons (Fsp3) is 0.143. The van der Waals surface area contributed by atoms with E-state index in [1.807, 2.05) is 79.7 Å². The SMILES string of the molecule is Cc1cc2c(o1)N(C)C(=O)CN=C2c1ccccc1.O=C1CN=C(c2ccccc2)c2ccoc2N1. The minimum atomic E-state index is -0.160. The van der Waals surface area contributed by atoms with E-state index < -0.39 is 0 Å². The van der Waals surface area contributed by atoms with E-state index >= 15 is 0 Å². The normalized spacial score (nSPS) is 14.8. The predicted molar refractivity (Wildman–Crippen MR) is 138 cm³/mol. The van der Waals surface area contributed by atoms with Gasteiger partial charge in [0, 0.05) is 18.2 Å². The van der Waals surface area contributed by atoms with Crippen molar-refractivity contribution in [1.29, 1.82) is 0 Å². The summed E-state index contributed by atoms with van der Waals surface area (Å²) < 4.78 is 10.9. The first-order valence-electron chi connectivity index (χ1n) is 11.5. The van der Waals surface area contributed by atoms with Gasteiger partial charge in [-0.2, -0.15) is 0 Å². The zero-order valence-corrected chi connectivity index (χ0v) is 19.9. The predicted octanol–water partition coefficient (Wildman–Crippen LogP) is 4.47. The molecule has 0 atom stereocenters. The zero-order chi connectivity index (χ0) is 25.1. The van der Waals surface area contributed by atoms with Crippen molar-refractivity contribution < 1.29 is 18.4 Å². The number of hydrogen-bond donors (Lipinski definition) is 1. The number of rotatable bonds is 2. The van der Waals surface area contributed by atoms with Crippen LogP contribution in [0.25, 0.3) is 0 Å². The molecule has 36 heavy (non-hydrogen) atoms. The molecule has 2 aromatic heterocycles. The van der Waals surface area contributed by atoms with Gasteiger partial charge in [0.15, 0.2) is 0 Å². The van der Waals surface area contributed by atoms with Gasteiger partial charge in [0.25, 0.3) is 5.91 Å². The van der Waals surface area contributed by atoms with E-state index in [0.717, 1.165) is 39.4 Å². The van der Waals surface area contributed by atoms with Crippen molar-refractivity contribution >= 4 is 35.0 Å². The monoisotopic (exact) mass is 480 g/mol. The Hall–Kier alpha value is -4.72. The summed E-state index contributed by atoms with van der Waals surface area (Å²) in [6.07, 6.45) is 1.55. The maximum atomic E-state index is 11.9. The Morgan fingerprint density at radius 3 is 2.11 bits per heavy atom. The van der Waals surface area contributed by atoms with Gasteiger partial charge in [0.2, 0.25) is 17.7 Å². The van der Waals surface area contributed by atoms with Crippen LogP contribution in [0.5, 0.6) is 0 Å². The van der Waals surface area contributed by atoms with Crippen LogP contribution in [0.4, 0.5) is 11.8 Å². The van der Waals surface area contributed by atoms with Crippen LogP contribution in [0.3, 0.4) is 0 Å². The van der Waals surface area contributed by atoms with Crippen LogP contribution in [0, 0.1) is 6.92 Å². The van der Waals surface area contributed by atoms with E-state index in [1.165, 1.54) is 4.90 Å². The van der Waals surface area contributed by atoms with Gasteiger partial charge in [-0.1, -0.05) is 60.7 Å². The molecule has 2 aliphatic rings. The number of hydrogen-bond acceptors (Lipinski definition) is 6. The van der Waals surface area contributed by atoms with Crippen LogP contribution in [0.1, 0.15) is 28.0 Å². The Morgan fingerprint density at radius 1 is 0.833 bits per heavy atom. The van der Waals surface area contributed by atoms with Crippen molar-refractivity contribution in [3.8, 4) is 0 Å². The standard InChI is InChI=1S/C15H14N2O2.C13H10N2O2/c1-10-8-12-14(11-6-4-3-5-7-11)16-9-13(18)17(2)15(12)19-10;16-11-8-14-12(9-4-2-1-3-5-9)10-6-7-17-13(10)15-11/h3-8H,9H2,1-2H3;1-7H,8H2,(H,15,16). The third kappa shape index (κ3) is 4.61. The maximum absolute atomic E-state index is 11.9. The summed E-state index contributed by atoms with van der Waals surface area (Å²) in [6, 6.07) is 23.3. The molecular formula is C28H24N4O4. The van der Waals surface area contributed by atoms with Gasteiger partial charge in [-0.15, -0.1) is 0 Å². The topological polar surface area (TPSA) is 100 Å². The molecule has 0 saturated heterocycles. The number of nitrogens with zero attached hydrogens (tertiary/aromatic N) is 3. The van der Waals surface area contributed by atoms with E-state index in [4.69, 9.17) is 8.83 Å². The molecule has 1 N–H and O–H groups in total. The number of amides is 2. The highest BCUT2D eigenvalue weighted by Gasteiger charge is 2.26. The highest BCUT2D eigenvalue weighted by Crippen LogP contribution is 2.29.